The Balaban J connectivity index is 4.56. The molecule has 0 amide bonds. The van der Waals surface area contributed by atoms with Crippen molar-refractivity contribution >= 4 is 0 Å². The highest BCUT2D eigenvalue weighted by Crippen LogP contribution is 2.40. The molecule has 0 aliphatic rings. The van der Waals surface area contributed by atoms with Crippen LogP contribution in [0.1, 0.15) is 12.8 Å². The second-order valence-electron chi connectivity index (χ2n) is 3.49. The zero-order valence-electron chi connectivity index (χ0n) is 8.28. The van der Waals surface area contributed by atoms with Gasteiger partial charge in [0.1, 0.15) is 0 Å². The fourth-order valence-electron chi connectivity index (χ4n) is 1.02. The van der Waals surface area contributed by atoms with Crippen LogP contribution in [0.2, 0.25) is 0 Å². The molecule has 0 saturated carbocycles. The van der Waals surface area contributed by atoms with Gasteiger partial charge in [-0.1, -0.05) is 0 Å². The first-order valence-electron chi connectivity index (χ1n) is 4.49. The predicted octanol–water partition coefficient (Wildman–Crippen LogP) is -0.256. The van der Waals surface area contributed by atoms with Gasteiger partial charge in [0.2, 0.25) is 0 Å². The van der Waals surface area contributed by atoms with Crippen LogP contribution >= 0.6 is 0 Å². The van der Waals surface area contributed by atoms with E-state index in [0.29, 0.717) is 0 Å². The van der Waals surface area contributed by atoms with Crippen LogP contribution in [0.4, 0.5) is 17.6 Å². The summed E-state index contributed by atoms with van der Waals surface area (Å²) in [7, 11) is 0. The maximum absolute atomic E-state index is 12.9. The van der Waals surface area contributed by atoms with Crippen LogP contribution in [0.15, 0.2) is 0 Å². The fourth-order valence-corrected chi connectivity index (χ4v) is 1.02. The van der Waals surface area contributed by atoms with Gasteiger partial charge in [-0.15, -0.1) is 0 Å². The van der Waals surface area contributed by atoms with E-state index in [9.17, 15) is 17.6 Å². The molecule has 0 aromatic rings. The monoisotopic (exact) mass is 250 g/mol. The van der Waals surface area contributed by atoms with Crippen molar-refractivity contribution in [3.8, 4) is 0 Å². The van der Waals surface area contributed by atoms with E-state index in [-0.39, 0.29) is 0 Å². The molecule has 0 bridgehead atoms. The molecule has 0 spiro atoms. The first-order chi connectivity index (χ1) is 7.16. The maximum atomic E-state index is 12.9. The Morgan fingerprint density at radius 1 is 0.750 bits per heavy atom. The van der Waals surface area contributed by atoms with Crippen molar-refractivity contribution in [2.45, 2.75) is 36.9 Å². The quantitative estimate of drug-likeness (QED) is 0.469. The van der Waals surface area contributed by atoms with Gasteiger partial charge >= 0.3 is 11.8 Å². The fraction of sp³-hybridized carbons (Fsp3) is 1.00. The Morgan fingerprint density at radius 2 is 1.00 bits per heavy atom. The molecular weight excluding hydrogens is 236 g/mol. The second-order valence-corrected chi connectivity index (χ2v) is 3.49. The molecule has 0 radical (unpaired) electrons. The number of hydrogen-bond acceptors (Lipinski definition) is 4. The van der Waals surface area contributed by atoms with Crippen molar-refractivity contribution in [1.82, 2.24) is 0 Å². The van der Waals surface area contributed by atoms with Gasteiger partial charge in [0, 0.05) is 12.8 Å². The van der Waals surface area contributed by atoms with Gasteiger partial charge in [-0.3, -0.25) is 0 Å². The number of aliphatic hydroxyl groups is 4. The Bertz CT molecular complexity index is 190. The molecule has 0 aromatic carbocycles. The van der Waals surface area contributed by atoms with Crippen LogP contribution in [0.3, 0.4) is 0 Å². The minimum atomic E-state index is -4.56. The van der Waals surface area contributed by atoms with Crippen LogP contribution in [0, 0.1) is 0 Å². The topological polar surface area (TPSA) is 80.9 Å². The largest absolute Gasteiger partial charge is 0.394 e. The highest BCUT2D eigenvalue weighted by molar-refractivity contribution is 4.88. The molecule has 0 aromatic heterocycles. The standard InChI is InChI=1S/C8H14F4O4/c9-7(10,1-5(15)3-13)8(11,12)2-6(16)4-14/h5-6,13-16H,1-4H2. The summed E-state index contributed by atoms with van der Waals surface area (Å²) in [5, 5.41) is 33.9. The maximum Gasteiger partial charge on any atom is 0.312 e. The summed E-state index contributed by atoms with van der Waals surface area (Å²) < 4.78 is 51.7. The van der Waals surface area contributed by atoms with E-state index in [0.717, 1.165) is 0 Å². The summed E-state index contributed by atoms with van der Waals surface area (Å²) in [6, 6.07) is 0. The zero-order chi connectivity index (χ0) is 13.0. The summed E-state index contributed by atoms with van der Waals surface area (Å²) in [5.74, 6) is -9.13. The summed E-state index contributed by atoms with van der Waals surface area (Å²) in [5.41, 5.74) is 0. The van der Waals surface area contributed by atoms with E-state index < -0.39 is 50.1 Å². The summed E-state index contributed by atoms with van der Waals surface area (Å²) >= 11 is 0. The highest BCUT2D eigenvalue weighted by atomic mass is 19.3. The smallest absolute Gasteiger partial charge is 0.312 e. The van der Waals surface area contributed by atoms with E-state index in [4.69, 9.17) is 20.4 Å². The molecule has 16 heavy (non-hydrogen) atoms. The van der Waals surface area contributed by atoms with Gasteiger partial charge in [-0.25, -0.2) is 0 Å². The summed E-state index contributed by atoms with van der Waals surface area (Å²) in [6.07, 6.45) is -7.16. The second kappa shape index (κ2) is 5.76. The minimum Gasteiger partial charge on any atom is -0.394 e. The van der Waals surface area contributed by atoms with Gasteiger partial charge in [-0.2, -0.15) is 17.6 Å². The van der Waals surface area contributed by atoms with E-state index in [2.05, 4.69) is 0 Å². The van der Waals surface area contributed by atoms with E-state index in [1.807, 2.05) is 0 Å². The van der Waals surface area contributed by atoms with Crippen molar-refractivity contribution in [2.24, 2.45) is 0 Å². The lowest BCUT2D eigenvalue weighted by atomic mass is 9.99. The van der Waals surface area contributed by atoms with Crippen molar-refractivity contribution < 1.29 is 38.0 Å². The third-order valence-corrected chi connectivity index (χ3v) is 1.94. The molecule has 4 N–H and O–H groups in total. The molecule has 0 fully saturated rings. The molecule has 8 heteroatoms. The van der Waals surface area contributed by atoms with Crippen molar-refractivity contribution in [2.75, 3.05) is 13.2 Å². The lowest BCUT2D eigenvalue weighted by molar-refractivity contribution is -0.235. The number of alkyl halides is 4. The van der Waals surface area contributed by atoms with E-state index >= 15 is 0 Å². The first kappa shape index (κ1) is 15.6. The lowest BCUT2D eigenvalue weighted by Gasteiger charge is -2.29. The molecule has 0 aliphatic carbocycles. The molecule has 0 aliphatic heterocycles. The average molecular weight is 250 g/mol. The van der Waals surface area contributed by atoms with Gasteiger partial charge < -0.3 is 20.4 Å². The van der Waals surface area contributed by atoms with Crippen LogP contribution in [-0.2, 0) is 0 Å². The number of rotatable bonds is 7. The molecular formula is C8H14F4O4. The van der Waals surface area contributed by atoms with Gasteiger partial charge in [0.15, 0.2) is 0 Å². The van der Waals surface area contributed by atoms with Gasteiger partial charge in [-0.05, 0) is 0 Å². The van der Waals surface area contributed by atoms with Crippen molar-refractivity contribution in [1.29, 1.82) is 0 Å². The Hall–Kier alpha value is -0.440. The third-order valence-electron chi connectivity index (χ3n) is 1.94. The van der Waals surface area contributed by atoms with E-state index in [1.54, 1.807) is 0 Å². The van der Waals surface area contributed by atoms with E-state index in [1.165, 1.54) is 0 Å². The zero-order valence-corrected chi connectivity index (χ0v) is 8.28. The van der Waals surface area contributed by atoms with Crippen LogP contribution < -0.4 is 0 Å². The Labute approximate surface area is 89.1 Å². The minimum absolute atomic E-state index is 1.06. The molecule has 0 saturated heterocycles. The summed E-state index contributed by atoms with van der Waals surface area (Å²) in [4.78, 5) is 0. The van der Waals surface area contributed by atoms with Gasteiger partial charge in [0.05, 0.1) is 25.4 Å². The average Bonchev–Trinajstić information content (AvgIpc) is 2.15. The first-order valence-corrected chi connectivity index (χ1v) is 4.49. The Kier molecular flexibility index (Phi) is 5.60. The molecule has 0 rings (SSSR count). The van der Waals surface area contributed by atoms with Crippen LogP contribution in [-0.4, -0.2) is 57.7 Å². The number of halogens is 4. The predicted molar refractivity (Wildman–Crippen MR) is 45.3 cm³/mol. The Morgan fingerprint density at radius 3 is 1.19 bits per heavy atom. The number of aliphatic hydroxyl groups excluding tert-OH is 4. The van der Waals surface area contributed by atoms with Crippen LogP contribution in [0.5, 0.6) is 0 Å². The van der Waals surface area contributed by atoms with Crippen LogP contribution in [0.25, 0.3) is 0 Å². The van der Waals surface area contributed by atoms with Gasteiger partial charge in [0.25, 0.3) is 0 Å². The highest BCUT2D eigenvalue weighted by Gasteiger charge is 2.57. The van der Waals surface area contributed by atoms with Crippen molar-refractivity contribution in [3.63, 3.8) is 0 Å². The number of hydrogen-bond donors (Lipinski definition) is 4. The van der Waals surface area contributed by atoms with Crippen molar-refractivity contribution in [3.05, 3.63) is 0 Å². The molecule has 2 unspecified atom stereocenters. The SMILES string of the molecule is OCC(O)CC(F)(F)C(F)(F)CC(O)CO. The normalized spacial score (nSPS) is 17.2. The third kappa shape index (κ3) is 4.20. The molecule has 0 heterocycles. The summed E-state index contributed by atoms with van der Waals surface area (Å²) in [6.45, 7) is -2.12. The lowest BCUT2D eigenvalue weighted by Crippen LogP contribution is -2.46. The molecule has 98 valence electrons. The molecule has 2 atom stereocenters. The molecule has 4 nitrogen and oxygen atoms in total.